The van der Waals surface area contributed by atoms with E-state index in [-0.39, 0.29) is 43.5 Å². The highest BCUT2D eigenvalue weighted by atomic mass is 19.4. The fraction of sp³-hybridized carbons (Fsp3) is 0.579. The molecule has 0 spiro atoms. The number of aryl methyl sites for hydroxylation is 1. The molecule has 5 rings (SSSR count). The molecule has 56 heavy (non-hydrogen) atoms. The molecule has 11 nitrogen and oxygen atoms in total. The number of nitrogens with two attached hydrogens (primary N) is 1. The number of halogens is 7. The fourth-order valence-electron chi connectivity index (χ4n) is 6.37. The van der Waals surface area contributed by atoms with Crippen LogP contribution in [-0.4, -0.2) is 82.0 Å². The Kier molecular flexibility index (Phi) is 14.9. The first-order valence-electron chi connectivity index (χ1n) is 18.0. The quantitative estimate of drug-likeness (QED) is 0.117. The lowest BCUT2D eigenvalue weighted by Gasteiger charge is -2.33. The molecule has 3 N–H and O–H groups in total. The number of aromatic nitrogens is 2. The van der Waals surface area contributed by atoms with Crippen molar-refractivity contribution in [2.75, 3.05) is 33.2 Å². The highest BCUT2D eigenvalue weighted by Crippen LogP contribution is 2.39. The Morgan fingerprint density at radius 2 is 1.18 bits per heavy atom. The SMILES string of the molecule is CC(C)(C)OC(=O)N1CCC(C(=O)c2cccc(C(F)(F)F)c2F)CC1.CNN.Cn1nc(C2CCN(C(=O)OC(C)(C)C)CC2)c2cccc(C(F)(F)F)c21. The highest BCUT2D eigenvalue weighted by Gasteiger charge is 2.38. The number of rotatable bonds is 3. The Balaban J connectivity index is 0.000000281. The molecule has 2 amide bonds. The van der Waals surface area contributed by atoms with Crippen LogP contribution in [0, 0.1) is 11.7 Å². The maximum Gasteiger partial charge on any atom is 0.419 e. The summed E-state index contributed by atoms with van der Waals surface area (Å²) < 4.78 is 104. The predicted octanol–water partition coefficient (Wildman–Crippen LogP) is 8.46. The zero-order valence-corrected chi connectivity index (χ0v) is 32.8. The van der Waals surface area contributed by atoms with Gasteiger partial charge in [-0.1, -0.05) is 18.2 Å². The number of benzene rings is 2. The third-order valence-corrected chi connectivity index (χ3v) is 8.82. The lowest BCUT2D eigenvalue weighted by Crippen LogP contribution is -2.43. The molecular weight excluding hydrogens is 753 g/mol. The lowest BCUT2D eigenvalue weighted by atomic mass is 9.88. The fourth-order valence-corrected chi connectivity index (χ4v) is 6.37. The Hall–Kier alpha value is -4.45. The second-order valence-corrected chi connectivity index (χ2v) is 15.5. The van der Waals surface area contributed by atoms with Gasteiger partial charge in [0.05, 0.1) is 27.9 Å². The topological polar surface area (TPSA) is 132 Å². The van der Waals surface area contributed by atoms with Gasteiger partial charge in [0.1, 0.15) is 17.0 Å². The van der Waals surface area contributed by atoms with Crippen molar-refractivity contribution in [3.05, 3.63) is 64.6 Å². The van der Waals surface area contributed by atoms with Crippen molar-refractivity contribution in [2.24, 2.45) is 18.8 Å². The molecule has 0 radical (unpaired) electrons. The molecule has 3 heterocycles. The number of carbonyl (C=O) groups excluding carboxylic acids is 3. The summed E-state index contributed by atoms with van der Waals surface area (Å²) in [6.07, 6.45) is -8.38. The van der Waals surface area contributed by atoms with Gasteiger partial charge in [-0.15, -0.1) is 0 Å². The van der Waals surface area contributed by atoms with Crippen LogP contribution in [-0.2, 0) is 28.9 Å². The van der Waals surface area contributed by atoms with E-state index in [1.165, 1.54) is 22.7 Å². The van der Waals surface area contributed by atoms with Crippen molar-refractivity contribution in [3.63, 3.8) is 0 Å². The van der Waals surface area contributed by atoms with Gasteiger partial charge in [0.25, 0.3) is 0 Å². The number of piperidine rings is 2. The molecule has 0 unspecified atom stereocenters. The van der Waals surface area contributed by atoms with Crippen LogP contribution < -0.4 is 11.3 Å². The van der Waals surface area contributed by atoms with Gasteiger partial charge in [-0.05, 0) is 92.5 Å². The van der Waals surface area contributed by atoms with Gasteiger partial charge in [0.15, 0.2) is 5.78 Å². The van der Waals surface area contributed by atoms with Crippen LogP contribution in [0.1, 0.15) is 100 Å². The number of alkyl halides is 6. The summed E-state index contributed by atoms with van der Waals surface area (Å²) in [6.45, 7) is 12.1. The average molecular weight is 805 g/mol. The summed E-state index contributed by atoms with van der Waals surface area (Å²) in [7, 11) is 3.19. The first-order chi connectivity index (χ1) is 25.8. The van der Waals surface area contributed by atoms with Gasteiger partial charge in [0.2, 0.25) is 0 Å². The summed E-state index contributed by atoms with van der Waals surface area (Å²) in [6, 6.07) is 6.89. The molecular formula is C38H51F7N6O5. The van der Waals surface area contributed by atoms with Gasteiger partial charge in [-0.2, -0.15) is 31.4 Å². The summed E-state index contributed by atoms with van der Waals surface area (Å²) in [5, 5.41) is 4.93. The van der Waals surface area contributed by atoms with Crippen molar-refractivity contribution in [1.82, 2.24) is 25.0 Å². The van der Waals surface area contributed by atoms with E-state index in [9.17, 15) is 45.1 Å². The zero-order valence-electron chi connectivity index (χ0n) is 32.8. The van der Waals surface area contributed by atoms with Crippen molar-refractivity contribution in [3.8, 4) is 0 Å². The summed E-state index contributed by atoms with van der Waals surface area (Å²) in [5.74, 6) is 1.76. The monoisotopic (exact) mass is 804 g/mol. The molecule has 2 aliphatic rings. The summed E-state index contributed by atoms with van der Waals surface area (Å²) in [5.41, 5.74) is -0.862. The van der Waals surface area contributed by atoms with Gasteiger partial charge >= 0.3 is 24.5 Å². The molecule has 0 saturated carbocycles. The number of Topliss-reactive ketones (excluding diaryl/α,β-unsaturated/α-hetero) is 1. The van der Waals surface area contributed by atoms with Crippen LogP contribution in [0.5, 0.6) is 0 Å². The summed E-state index contributed by atoms with van der Waals surface area (Å²) in [4.78, 5) is 39.7. The molecule has 1 aromatic heterocycles. The number of fused-ring (bicyclic) bond motifs is 1. The first-order valence-corrected chi connectivity index (χ1v) is 18.0. The molecule has 3 aromatic rings. The molecule has 0 bridgehead atoms. The molecule has 2 saturated heterocycles. The minimum Gasteiger partial charge on any atom is -0.444 e. The van der Waals surface area contributed by atoms with Crippen molar-refractivity contribution in [1.29, 1.82) is 0 Å². The minimum absolute atomic E-state index is 0.0101. The van der Waals surface area contributed by atoms with Crippen LogP contribution in [0.15, 0.2) is 36.4 Å². The Morgan fingerprint density at radius 3 is 1.62 bits per heavy atom. The predicted molar refractivity (Wildman–Crippen MR) is 195 cm³/mol. The van der Waals surface area contributed by atoms with E-state index in [0.717, 1.165) is 18.2 Å². The Morgan fingerprint density at radius 1 is 0.750 bits per heavy atom. The standard InChI is InChI=1S/C19H24F3N3O2.C18H21F4NO3.CH6N2/c1-18(2,3)27-17(26)25-10-8-12(9-11-25)15-13-6-5-7-14(19(20,21)22)16(13)24(4)23-15;1-17(2,3)26-16(25)23-9-7-11(8-10-23)15(24)12-5-4-6-13(14(12)19)18(20,21)22;1-3-2/h5-7,12H,8-11H2,1-4H3;4-6,11H,7-10H2,1-3H3;3H,2H2,1H3. The van der Waals surface area contributed by atoms with E-state index >= 15 is 0 Å². The number of para-hydroxylation sites is 1. The van der Waals surface area contributed by atoms with Crippen LogP contribution >= 0.6 is 0 Å². The third kappa shape index (κ3) is 12.3. The maximum atomic E-state index is 14.1. The molecule has 2 aliphatic heterocycles. The number of carbonyl (C=O) groups is 3. The number of hydrogen-bond acceptors (Lipinski definition) is 8. The number of amides is 2. The van der Waals surface area contributed by atoms with Gasteiger partial charge < -0.3 is 19.3 Å². The number of ketones is 1. The van der Waals surface area contributed by atoms with E-state index in [1.807, 2.05) is 20.8 Å². The van der Waals surface area contributed by atoms with Crippen molar-refractivity contribution < 1.29 is 54.6 Å². The largest absolute Gasteiger partial charge is 0.444 e. The minimum atomic E-state index is -4.86. The van der Waals surface area contributed by atoms with Crippen LogP contribution in [0.2, 0.25) is 0 Å². The van der Waals surface area contributed by atoms with Crippen LogP contribution in [0.3, 0.4) is 0 Å². The Labute approximate surface area is 321 Å². The normalized spacial score (nSPS) is 16.1. The van der Waals surface area contributed by atoms with Crippen molar-refractivity contribution in [2.45, 2.75) is 96.7 Å². The van der Waals surface area contributed by atoms with Crippen LogP contribution in [0.4, 0.5) is 40.3 Å². The Bertz CT molecular complexity index is 1820. The smallest absolute Gasteiger partial charge is 0.419 e. The number of likely N-dealkylation sites (tertiary alicyclic amines) is 2. The second kappa shape index (κ2) is 18.2. The number of ether oxygens (including phenoxy) is 2. The van der Waals surface area contributed by atoms with Crippen molar-refractivity contribution >= 4 is 28.9 Å². The second-order valence-electron chi connectivity index (χ2n) is 15.5. The lowest BCUT2D eigenvalue weighted by molar-refractivity contribution is -0.140. The molecule has 18 heteroatoms. The van der Waals surface area contributed by atoms with E-state index < -0.39 is 63.9 Å². The maximum absolute atomic E-state index is 14.1. The summed E-state index contributed by atoms with van der Waals surface area (Å²) >= 11 is 0. The number of nitrogens with zero attached hydrogens (tertiary/aromatic N) is 4. The first kappa shape index (κ1) is 45.9. The molecule has 312 valence electrons. The number of hydrazine groups is 1. The molecule has 0 aliphatic carbocycles. The van der Waals surface area contributed by atoms with Crippen LogP contribution in [0.25, 0.3) is 10.9 Å². The van der Waals surface area contributed by atoms with E-state index in [1.54, 1.807) is 38.8 Å². The molecule has 2 aromatic carbocycles. The van der Waals surface area contributed by atoms with E-state index in [4.69, 9.17) is 9.47 Å². The third-order valence-electron chi connectivity index (χ3n) is 8.82. The number of hydrogen-bond donors (Lipinski definition) is 2. The van der Waals surface area contributed by atoms with Gasteiger partial charge in [0, 0.05) is 50.4 Å². The van der Waals surface area contributed by atoms with E-state index in [0.29, 0.717) is 43.1 Å². The molecule has 0 atom stereocenters. The van der Waals surface area contributed by atoms with Gasteiger partial charge in [-0.25, -0.2) is 14.0 Å². The zero-order chi connectivity index (χ0) is 42.4. The van der Waals surface area contributed by atoms with Gasteiger partial charge in [-0.3, -0.25) is 20.7 Å². The van der Waals surface area contributed by atoms with E-state index in [2.05, 4.69) is 16.4 Å². The average Bonchev–Trinajstić information content (AvgIpc) is 3.42. The highest BCUT2D eigenvalue weighted by molar-refractivity contribution is 5.98. The molecule has 2 fully saturated rings. The number of nitrogens with one attached hydrogen (secondary N) is 1.